The maximum atomic E-state index is 4.75. The summed E-state index contributed by atoms with van der Waals surface area (Å²) in [6.45, 7) is 0. The van der Waals surface area contributed by atoms with E-state index in [1.54, 1.807) is 0 Å². The zero-order valence-corrected chi connectivity index (χ0v) is 11.0. The lowest BCUT2D eigenvalue weighted by Gasteiger charge is -1.98. The maximum absolute atomic E-state index is 4.75. The van der Waals surface area contributed by atoms with Crippen molar-refractivity contribution in [2.24, 2.45) is 0 Å². The van der Waals surface area contributed by atoms with Crippen LogP contribution in [0.1, 0.15) is 0 Å². The Kier molecular flexibility index (Phi) is 2.00. The number of nitrogens with one attached hydrogen (secondary N) is 1. The Bertz CT molecular complexity index is 893. The van der Waals surface area contributed by atoms with Crippen LogP contribution in [0, 0.1) is 0 Å². The minimum atomic E-state index is 1.02. The normalized spacial score (nSPS) is 11.6. The molecule has 0 bridgehead atoms. The molecule has 0 unspecified atom stereocenters. The molecule has 86 valence electrons. The van der Waals surface area contributed by atoms with Gasteiger partial charge >= 0.3 is 0 Å². The smallest absolute Gasteiger partial charge is 0.0965 e. The van der Waals surface area contributed by atoms with Crippen molar-refractivity contribution >= 4 is 48.8 Å². The lowest BCUT2D eigenvalue weighted by molar-refractivity contribution is 1.49. The first-order chi connectivity index (χ1) is 8.81. The van der Waals surface area contributed by atoms with Crippen LogP contribution in [0.3, 0.4) is 0 Å². The molecule has 18 heavy (non-hydrogen) atoms. The monoisotopic (exact) mass is 296 g/mol. The van der Waals surface area contributed by atoms with Gasteiger partial charge in [0, 0.05) is 20.8 Å². The summed E-state index contributed by atoms with van der Waals surface area (Å²) in [6, 6.07) is 16.6. The fraction of sp³-hybridized carbons (Fsp3) is 0. The van der Waals surface area contributed by atoms with E-state index in [9.17, 15) is 0 Å². The van der Waals surface area contributed by atoms with Gasteiger partial charge in [0.2, 0.25) is 0 Å². The zero-order valence-electron chi connectivity index (χ0n) is 9.44. The third-order valence-electron chi connectivity index (χ3n) is 3.23. The van der Waals surface area contributed by atoms with E-state index in [4.69, 9.17) is 4.98 Å². The van der Waals surface area contributed by atoms with Crippen LogP contribution in [-0.2, 0) is 0 Å². The minimum Gasteiger partial charge on any atom is -0.353 e. The number of nitrogens with zero attached hydrogens (tertiary/aromatic N) is 1. The van der Waals surface area contributed by atoms with Gasteiger partial charge in [0.15, 0.2) is 0 Å². The van der Waals surface area contributed by atoms with Gasteiger partial charge in [-0.1, -0.05) is 34.1 Å². The Balaban J connectivity index is 2.23. The molecule has 0 aliphatic rings. The molecule has 0 saturated carbocycles. The summed E-state index contributed by atoms with van der Waals surface area (Å²) >= 11 is 3.49. The predicted octanol–water partition coefficient (Wildman–Crippen LogP) is 4.63. The number of aromatic nitrogens is 2. The molecule has 2 heterocycles. The maximum Gasteiger partial charge on any atom is 0.0965 e. The van der Waals surface area contributed by atoms with Crippen molar-refractivity contribution in [3.8, 4) is 0 Å². The highest BCUT2D eigenvalue weighted by Gasteiger charge is 2.06. The Morgan fingerprint density at radius 2 is 1.83 bits per heavy atom. The van der Waals surface area contributed by atoms with Crippen LogP contribution in [0.5, 0.6) is 0 Å². The van der Waals surface area contributed by atoms with Crippen molar-refractivity contribution in [1.29, 1.82) is 0 Å². The van der Waals surface area contributed by atoms with Crippen molar-refractivity contribution in [3.05, 3.63) is 53.0 Å². The summed E-state index contributed by atoms with van der Waals surface area (Å²) in [7, 11) is 0. The lowest BCUT2D eigenvalue weighted by atomic mass is 10.2. The van der Waals surface area contributed by atoms with E-state index in [1.165, 1.54) is 5.39 Å². The molecule has 1 N–H and O–H groups in total. The topological polar surface area (TPSA) is 28.7 Å². The van der Waals surface area contributed by atoms with Crippen molar-refractivity contribution < 1.29 is 0 Å². The number of fused-ring (bicyclic) bond motifs is 4. The second-order valence-electron chi connectivity index (χ2n) is 4.39. The second kappa shape index (κ2) is 3.56. The summed E-state index contributed by atoms with van der Waals surface area (Å²) in [5, 5.41) is 2.32. The first-order valence-electron chi connectivity index (χ1n) is 5.78. The van der Waals surface area contributed by atoms with Gasteiger partial charge in [-0.15, -0.1) is 0 Å². The quantitative estimate of drug-likeness (QED) is 0.503. The number of halogens is 1. The average Bonchev–Trinajstić information content (AvgIpc) is 2.73. The molecule has 0 amide bonds. The molecule has 0 spiro atoms. The number of hydrogen-bond acceptors (Lipinski definition) is 1. The summed E-state index contributed by atoms with van der Waals surface area (Å²) in [6.07, 6.45) is 0. The Morgan fingerprint density at radius 1 is 0.944 bits per heavy atom. The summed E-state index contributed by atoms with van der Waals surface area (Å²) in [4.78, 5) is 8.17. The molecule has 2 aromatic carbocycles. The number of pyridine rings is 1. The van der Waals surface area contributed by atoms with E-state index >= 15 is 0 Å². The van der Waals surface area contributed by atoms with E-state index in [1.807, 2.05) is 24.3 Å². The van der Waals surface area contributed by atoms with E-state index in [2.05, 4.69) is 45.2 Å². The van der Waals surface area contributed by atoms with E-state index in [-0.39, 0.29) is 0 Å². The molecule has 3 heteroatoms. The highest BCUT2D eigenvalue weighted by molar-refractivity contribution is 9.10. The second-order valence-corrected chi connectivity index (χ2v) is 5.31. The molecule has 4 aromatic rings. The fourth-order valence-electron chi connectivity index (χ4n) is 2.39. The van der Waals surface area contributed by atoms with Gasteiger partial charge in [-0.05, 0) is 30.3 Å². The molecule has 0 atom stereocenters. The highest BCUT2D eigenvalue weighted by atomic mass is 79.9. The summed E-state index contributed by atoms with van der Waals surface area (Å²) in [5.74, 6) is 0. The molecule has 2 nitrogen and oxygen atoms in total. The molecule has 0 saturated heterocycles. The number of H-pyrrole nitrogens is 1. The van der Waals surface area contributed by atoms with Crippen LogP contribution < -0.4 is 0 Å². The van der Waals surface area contributed by atoms with Gasteiger partial charge < -0.3 is 4.98 Å². The predicted molar refractivity (Wildman–Crippen MR) is 78.8 cm³/mol. The summed E-state index contributed by atoms with van der Waals surface area (Å²) in [5.41, 5.74) is 4.28. The number of aromatic amines is 1. The van der Waals surface area contributed by atoms with E-state index < -0.39 is 0 Å². The molecule has 0 fully saturated rings. The fourth-order valence-corrected chi connectivity index (χ4v) is 2.77. The molecule has 0 aliphatic carbocycles. The molecular formula is C15H9BrN2. The first kappa shape index (κ1) is 10.1. The van der Waals surface area contributed by atoms with Gasteiger partial charge in [0.1, 0.15) is 0 Å². The molecular weight excluding hydrogens is 288 g/mol. The average molecular weight is 297 g/mol. The molecule has 4 rings (SSSR count). The van der Waals surface area contributed by atoms with Crippen LogP contribution in [0.15, 0.2) is 53.0 Å². The van der Waals surface area contributed by atoms with Gasteiger partial charge in [0.05, 0.1) is 16.6 Å². The Hall–Kier alpha value is -1.87. The SMILES string of the molecule is Brc1ccc2nc3c(cc2c1)[nH]c1ccccc13. The Morgan fingerprint density at radius 3 is 2.78 bits per heavy atom. The van der Waals surface area contributed by atoms with Crippen LogP contribution in [0.25, 0.3) is 32.8 Å². The third-order valence-corrected chi connectivity index (χ3v) is 3.72. The number of rotatable bonds is 0. The van der Waals surface area contributed by atoms with Crippen molar-refractivity contribution in [1.82, 2.24) is 9.97 Å². The summed E-state index contributed by atoms with van der Waals surface area (Å²) < 4.78 is 1.08. The van der Waals surface area contributed by atoms with E-state index in [0.717, 1.165) is 31.9 Å². The first-order valence-corrected chi connectivity index (χ1v) is 6.57. The molecule has 2 aromatic heterocycles. The van der Waals surface area contributed by atoms with Crippen LogP contribution in [0.4, 0.5) is 0 Å². The Labute approximate surface area is 112 Å². The minimum absolute atomic E-state index is 1.02. The number of benzene rings is 2. The van der Waals surface area contributed by atoms with Gasteiger partial charge in [-0.25, -0.2) is 4.98 Å². The van der Waals surface area contributed by atoms with Crippen molar-refractivity contribution in [3.63, 3.8) is 0 Å². The van der Waals surface area contributed by atoms with Crippen LogP contribution >= 0.6 is 15.9 Å². The van der Waals surface area contributed by atoms with Crippen LogP contribution in [0.2, 0.25) is 0 Å². The lowest BCUT2D eigenvalue weighted by Crippen LogP contribution is -1.80. The highest BCUT2D eigenvalue weighted by Crippen LogP contribution is 2.27. The van der Waals surface area contributed by atoms with Gasteiger partial charge in [-0.2, -0.15) is 0 Å². The van der Waals surface area contributed by atoms with Gasteiger partial charge in [0.25, 0.3) is 0 Å². The zero-order chi connectivity index (χ0) is 12.1. The largest absolute Gasteiger partial charge is 0.353 e. The van der Waals surface area contributed by atoms with Crippen molar-refractivity contribution in [2.75, 3.05) is 0 Å². The molecule has 0 radical (unpaired) electrons. The standard InChI is InChI=1S/C15H9BrN2/c16-10-5-6-12-9(7-10)8-14-15(18-12)11-3-1-2-4-13(11)17-14/h1-8,17H. The van der Waals surface area contributed by atoms with Crippen molar-refractivity contribution in [2.45, 2.75) is 0 Å². The third kappa shape index (κ3) is 1.37. The molecule has 0 aliphatic heterocycles. The van der Waals surface area contributed by atoms with Crippen LogP contribution in [-0.4, -0.2) is 9.97 Å². The van der Waals surface area contributed by atoms with E-state index in [0.29, 0.717) is 0 Å². The number of para-hydroxylation sites is 1. The number of hydrogen-bond donors (Lipinski definition) is 1. The van der Waals surface area contributed by atoms with Gasteiger partial charge in [-0.3, -0.25) is 0 Å².